The molecule has 2 aromatic rings. The molecule has 1 aromatic heterocycles. The zero-order chi connectivity index (χ0) is 16.1. The Morgan fingerprint density at radius 3 is 2.59 bits per heavy atom. The first-order valence-corrected chi connectivity index (χ1v) is 6.51. The van der Waals surface area contributed by atoms with Crippen LogP contribution in [0.5, 0.6) is 5.75 Å². The van der Waals surface area contributed by atoms with Crippen LogP contribution in [0.2, 0.25) is 0 Å². The van der Waals surface area contributed by atoms with E-state index in [0.717, 1.165) is 0 Å². The summed E-state index contributed by atoms with van der Waals surface area (Å²) < 4.78 is 28.4. The molecule has 2 rings (SSSR count). The maximum absolute atomic E-state index is 12.3. The van der Waals surface area contributed by atoms with Crippen LogP contribution in [-0.2, 0) is 0 Å². The summed E-state index contributed by atoms with van der Waals surface area (Å²) in [5, 5.41) is 13.6. The molecule has 0 aliphatic rings. The SMILES string of the molecule is CC(CN(C)C(=O)c1ccc(OC(F)F)cc1)c1nn[nH]n1. The minimum atomic E-state index is -2.89. The van der Waals surface area contributed by atoms with E-state index in [1.807, 2.05) is 6.92 Å². The standard InChI is InChI=1S/C13H15F2N5O2/c1-8(11-16-18-19-17-11)7-20(2)12(21)9-3-5-10(6-4-9)22-13(14)15/h3-6,8,13H,7H2,1-2H3,(H,16,17,18,19). The van der Waals surface area contributed by atoms with Gasteiger partial charge in [-0.05, 0) is 24.3 Å². The molecule has 0 aliphatic carbocycles. The molecular weight excluding hydrogens is 296 g/mol. The van der Waals surface area contributed by atoms with Gasteiger partial charge in [-0.1, -0.05) is 12.1 Å². The normalized spacial score (nSPS) is 12.2. The third-order valence-electron chi connectivity index (χ3n) is 3.02. The first kappa shape index (κ1) is 15.8. The summed E-state index contributed by atoms with van der Waals surface area (Å²) in [5.41, 5.74) is 0.379. The molecule has 1 heterocycles. The van der Waals surface area contributed by atoms with Gasteiger partial charge >= 0.3 is 6.61 Å². The van der Waals surface area contributed by atoms with Crippen LogP contribution in [0.25, 0.3) is 0 Å². The second-order valence-electron chi connectivity index (χ2n) is 4.76. The van der Waals surface area contributed by atoms with Gasteiger partial charge in [0.1, 0.15) is 5.75 Å². The minimum absolute atomic E-state index is 0.00867. The topological polar surface area (TPSA) is 84.0 Å². The third kappa shape index (κ3) is 3.96. The number of ether oxygens (including phenoxy) is 1. The van der Waals surface area contributed by atoms with E-state index < -0.39 is 6.61 Å². The number of nitrogens with zero attached hydrogens (tertiary/aromatic N) is 4. The highest BCUT2D eigenvalue weighted by atomic mass is 19.3. The number of carbonyl (C=O) groups is 1. The van der Waals surface area contributed by atoms with Gasteiger partial charge < -0.3 is 9.64 Å². The van der Waals surface area contributed by atoms with Crippen LogP contribution >= 0.6 is 0 Å². The van der Waals surface area contributed by atoms with Crippen molar-refractivity contribution in [1.29, 1.82) is 0 Å². The Balaban J connectivity index is 1.98. The van der Waals surface area contributed by atoms with Crippen molar-refractivity contribution in [2.45, 2.75) is 19.5 Å². The summed E-state index contributed by atoms with van der Waals surface area (Å²) in [5.74, 6) is 0.197. The zero-order valence-corrected chi connectivity index (χ0v) is 12.0. The van der Waals surface area contributed by atoms with Gasteiger partial charge in [-0.3, -0.25) is 4.79 Å². The van der Waals surface area contributed by atoms with Crippen LogP contribution in [0.4, 0.5) is 8.78 Å². The number of carbonyl (C=O) groups excluding carboxylic acids is 1. The first-order valence-electron chi connectivity index (χ1n) is 6.51. The Hall–Kier alpha value is -2.58. The molecule has 0 aliphatic heterocycles. The molecule has 0 saturated carbocycles. The fourth-order valence-corrected chi connectivity index (χ4v) is 1.95. The molecule has 0 saturated heterocycles. The zero-order valence-electron chi connectivity index (χ0n) is 12.0. The fourth-order valence-electron chi connectivity index (χ4n) is 1.95. The predicted octanol–water partition coefficient (Wildman–Crippen LogP) is 1.68. The smallest absolute Gasteiger partial charge is 0.387 e. The van der Waals surface area contributed by atoms with E-state index in [1.165, 1.54) is 29.2 Å². The number of rotatable bonds is 6. The van der Waals surface area contributed by atoms with E-state index in [1.54, 1.807) is 7.05 Å². The lowest BCUT2D eigenvalue weighted by molar-refractivity contribution is -0.0498. The molecule has 118 valence electrons. The van der Waals surface area contributed by atoms with Gasteiger partial charge in [0.15, 0.2) is 5.82 Å². The van der Waals surface area contributed by atoms with Crippen molar-refractivity contribution < 1.29 is 18.3 Å². The van der Waals surface area contributed by atoms with Crippen LogP contribution in [0.3, 0.4) is 0 Å². The van der Waals surface area contributed by atoms with Gasteiger partial charge in [-0.2, -0.15) is 14.0 Å². The maximum atomic E-state index is 12.3. The number of amides is 1. The molecule has 0 bridgehead atoms. The van der Waals surface area contributed by atoms with Gasteiger partial charge in [-0.25, -0.2) is 0 Å². The fraction of sp³-hybridized carbons (Fsp3) is 0.385. The number of benzene rings is 1. The largest absolute Gasteiger partial charge is 0.435 e. The lowest BCUT2D eigenvalue weighted by Crippen LogP contribution is -2.30. The van der Waals surface area contributed by atoms with Crippen molar-refractivity contribution in [3.05, 3.63) is 35.7 Å². The van der Waals surface area contributed by atoms with Crippen molar-refractivity contribution in [2.24, 2.45) is 0 Å². The Morgan fingerprint density at radius 1 is 1.36 bits per heavy atom. The number of alkyl halides is 2. The Bertz CT molecular complexity index is 603. The number of hydrogen-bond donors (Lipinski definition) is 1. The number of halogens is 2. The van der Waals surface area contributed by atoms with Gasteiger partial charge in [0.25, 0.3) is 5.91 Å². The number of tetrazole rings is 1. The number of nitrogens with one attached hydrogen (secondary N) is 1. The molecule has 1 atom stereocenters. The molecule has 1 unspecified atom stereocenters. The van der Waals surface area contributed by atoms with Crippen LogP contribution < -0.4 is 4.74 Å². The van der Waals surface area contributed by atoms with Crippen LogP contribution in [0.15, 0.2) is 24.3 Å². The van der Waals surface area contributed by atoms with Gasteiger partial charge in [0.2, 0.25) is 0 Å². The van der Waals surface area contributed by atoms with Gasteiger partial charge in [0, 0.05) is 25.1 Å². The van der Waals surface area contributed by atoms with Crippen molar-refractivity contribution in [2.75, 3.05) is 13.6 Å². The average molecular weight is 311 g/mol. The predicted molar refractivity (Wildman–Crippen MR) is 72.6 cm³/mol. The van der Waals surface area contributed by atoms with Crippen LogP contribution in [0, 0.1) is 0 Å². The monoisotopic (exact) mass is 311 g/mol. The van der Waals surface area contributed by atoms with E-state index in [2.05, 4.69) is 25.4 Å². The van der Waals surface area contributed by atoms with Gasteiger partial charge in [-0.15, -0.1) is 10.2 Å². The highest BCUT2D eigenvalue weighted by Crippen LogP contribution is 2.17. The molecule has 0 fully saturated rings. The van der Waals surface area contributed by atoms with E-state index in [-0.39, 0.29) is 17.6 Å². The second-order valence-corrected chi connectivity index (χ2v) is 4.76. The summed E-state index contributed by atoms with van der Waals surface area (Å²) in [6.07, 6.45) is 0. The minimum Gasteiger partial charge on any atom is -0.435 e. The number of H-pyrrole nitrogens is 1. The molecule has 9 heteroatoms. The maximum Gasteiger partial charge on any atom is 0.387 e. The van der Waals surface area contributed by atoms with E-state index in [0.29, 0.717) is 17.9 Å². The summed E-state index contributed by atoms with van der Waals surface area (Å²) >= 11 is 0. The molecule has 0 spiro atoms. The molecular formula is C13H15F2N5O2. The molecule has 22 heavy (non-hydrogen) atoms. The quantitative estimate of drug-likeness (QED) is 0.877. The summed E-state index contributed by atoms with van der Waals surface area (Å²) in [6.45, 7) is -0.623. The Labute approximate surface area is 125 Å². The van der Waals surface area contributed by atoms with Gasteiger partial charge in [0.05, 0.1) is 0 Å². The average Bonchev–Trinajstić information content (AvgIpc) is 3.01. The number of hydrogen-bond acceptors (Lipinski definition) is 5. The van der Waals surface area contributed by atoms with Crippen molar-refractivity contribution >= 4 is 5.91 Å². The lowest BCUT2D eigenvalue weighted by Gasteiger charge is -2.20. The highest BCUT2D eigenvalue weighted by Gasteiger charge is 2.18. The summed E-state index contributed by atoms with van der Waals surface area (Å²) in [7, 11) is 1.64. The lowest BCUT2D eigenvalue weighted by atomic mass is 10.1. The van der Waals surface area contributed by atoms with Crippen molar-refractivity contribution in [3.8, 4) is 5.75 Å². The number of aromatic amines is 1. The summed E-state index contributed by atoms with van der Waals surface area (Å²) in [4.78, 5) is 13.8. The Kier molecular flexibility index (Phi) is 4.97. The molecule has 1 aromatic carbocycles. The molecule has 1 amide bonds. The van der Waals surface area contributed by atoms with Crippen LogP contribution in [-0.4, -0.2) is 51.6 Å². The van der Waals surface area contributed by atoms with Crippen molar-refractivity contribution in [1.82, 2.24) is 25.5 Å². The van der Waals surface area contributed by atoms with Crippen LogP contribution in [0.1, 0.15) is 29.0 Å². The first-order chi connectivity index (χ1) is 10.5. The molecule has 7 nitrogen and oxygen atoms in total. The molecule has 0 radical (unpaired) electrons. The van der Waals surface area contributed by atoms with Crippen molar-refractivity contribution in [3.63, 3.8) is 0 Å². The van der Waals surface area contributed by atoms with E-state index >= 15 is 0 Å². The number of aromatic nitrogens is 4. The third-order valence-corrected chi connectivity index (χ3v) is 3.02. The number of likely N-dealkylation sites (N-methyl/N-ethyl adjacent to an activating group) is 1. The summed E-state index contributed by atoms with van der Waals surface area (Å²) in [6, 6.07) is 5.54. The molecule has 1 N–H and O–H groups in total. The van der Waals surface area contributed by atoms with E-state index in [4.69, 9.17) is 0 Å². The highest BCUT2D eigenvalue weighted by molar-refractivity contribution is 5.94. The second kappa shape index (κ2) is 6.92. The van der Waals surface area contributed by atoms with E-state index in [9.17, 15) is 13.6 Å². The Morgan fingerprint density at radius 2 is 2.05 bits per heavy atom.